The lowest BCUT2D eigenvalue weighted by Gasteiger charge is -2.53. The molecule has 0 aromatic heterocycles. The van der Waals surface area contributed by atoms with Gasteiger partial charge in [-0.05, 0) is 75.6 Å². The van der Waals surface area contributed by atoms with Gasteiger partial charge in [0, 0.05) is 37.3 Å². The van der Waals surface area contributed by atoms with Gasteiger partial charge in [0.05, 0.1) is 30.9 Å². The van der Waals surface area contributed by atoms with Gasteiger partial charge in [-0.2, -0.15) is 5.01 Å². The minimum absolute atomic E-state index is 0.0299. The molecule has 2 bridgehead atoms. The molecule has 226 valence electrons. The normalized spacial score (nSPS) is 37.7. The molecule has 1 aromatic carbocycles. The molecule has 1 spiro atoms. The Morgan fingerprint density at radius 1 is 1.07 bits per heavy atom. The van der Waals surface area contributed by atoms with Gasteiger partial charge in [-0.15, -0.1) is 0 Å². The van der Waals surface area contributed by atoms with E-state index in [1.807, 2.05) is 23.8 Å². The van der Waals surface area contributed by atoms with Crippen LogP contribution in [-0.4, -0.2) is 89.4 Å². The fourth-order valence-corrected chi connectivity index (χ4v) is 8.23. The number of nitrogens with one attached hydrogen (secondary N) is 5. The van der Waals surface area contributed by atoms with E-state index in [2.05, 4.69) is 61.9 Å². The lowest BCUT2D eigenvalue weighted by Crippen LogP contribution is -2.74. The van der Waals surface area contributed by atoms with Gasteiger partial charge in [-0.1, -0.05) is 18.2 Å². The van der Waals surface area contributed by atoms with Crippen LogP contribution in [0.2, 0.25) is 0 Å². The number of allylic oxidation sites excluding steroid dienone is 1. The number of carbonyl (C=O) groups excluding carboxylic acids is 2. The van der Waals surface area contributed by atoms with E-state index in [-0.39, 0.29) is 48.6 Å². The number of rotatable bonds is 2. The number of nitrogens with zero attached hydrogens (tertiary/aromatic N) is 3. The Kier molecular flexibility index (Phi) is 6.44. The minimum atomic E-state index is -0.829. The van der Waals surface area contributed by atoms with Crippen molar-refractivity contribution < 1.29 is 14.3 Å². The Labute approximate surface area is 247 Å². The molecular weight excluding hydrogens is 532 g/mol. The third kappa shape index (κ3) is 4.39. The van der Waals surface area contributed by atoms with E-state index >= 15 is 0 Å². The highest BCUT2D eigenvalue weighted by Crippen LogP contribution is 2.50. The lowest BCUT2D eigenvalue weighted by atomic mass is 9.88. The van der Waals surface area contributed by atoms with Crippen molar-refractivity contribution in [3.05, 3.63) is 41.5 Å². The van der Waals surface area contributed by atoms with E-state index in [1.165, 1.54) is 24.0 Å². The molecule has 8 rings (SSSR count). The van der Waals surface area contributed by atoms with E-state index in [4.69, 9.17) is 4.74 Å². The van der Waals surface area contributed by atoms with Crippen molar-refractivity contribution in [2.75, 3.05) is 31.5 Å². The molecule has 42 heavy (non-hydrogen) atoms. The van der Waals surface area contributed by atoms with Crippen molar-refractivity contribution in [2.24, 2.45) is 5.92 Å². The minimum Gasteiger partial charge on any atom is -0.359 e. The van der Waals surface area contributed by atoms with Gasteiger partial charge in [-0.3, -0.25) is 30.5 Å². The second-order valence-electron chi connectivity index (χ2n) is 13.7. The van der Waals surface area contributed by atoms with Gasteiger partial charge in [0.15, 0.2) is 0 Å². The zero-order valence-corrected chi connectivity index (χ0v) is 24.7. The predicted molar refractivity (Wildman–Crippen MR) is 157 cm³/mol. The number of piperidine rings is 1. The molecule has 7 aliphatic rings. The molecule has 2 amide bonds. The maximum Gasteiger partial charge on any atom is 0.255 e. The molecule has 6 heterocycles. The first-order valence-corrected chi connectivity index (χ1v) is 15.9. The molecular formula is C31H44N8O3. The van der Waals surface area contributed by atoms with E-state index < -0.39 is 5.60 Å². The number of anilines is 1. The standard InChI is InChI=1S/C31H44N8O3/c1-30(2)28(41)37-13-5-3-4-6-14-38-27(40)21-17-33-29(36-25(21)39(38)24-10-9-23(42-30)26(37)35-24)34-20-7-8-22-19(15-20)16-32-18-31(22)11-12-31/h4,6-8,15,21,23-26,29,32-36H,3,5,9-14,16-18H2,1-2H3/b6-4-. The summed E-state index contributed by atoms with van der Waals surface area (Å²) in [6.07, 6.45) is 9.45. The quantitative estimate of drug-likeness (QED) is 0.331. The fourth-order valence-electron chi connectivity index (χ4n) is 8.23. The molecule has 1 aliphatic carbocycles. The monoisotopic (exact) mass is 576 g/mol. The molecule has 11 heteroatoms. The molecule has 1 aromatic rings. The van der Waals surface area contributed by atoms with Crippen LogP contribution in [0.25, 0.3) is 0 Å². The van der Waals surface area contributed by atoms with Crippen LogP contribution in [0, 0.1) is 5.92 Å². The Balaban J connectivity index is 1.05. The van der Waals surface area contributed by atoms with Crippen molar-refractivity contribution in [3.8, 4) is 0 Å². The van der Waals surface area contributed by atoms with Crippen LogP contribution in [-0.2, 0) is 26.3 Å². The summed E-state index contributed by atoms with van der Waals surface area (Å²) >= 11 is 0. The average Bonchev–Trinajstić information content (AvgIpc) is 3.68. The Morgan fingerprint density at radius 3 is 2.81 bits per heavy atom. The van der Waals surface area contributed by atoms with E-state index in [1.54, 1.807) is 0 Å². The second-order valence-corrected chi connectivity index (χ2v) is 13.7. The van der Waals surface area contributed by atoms with E-state index in [0.717, 1.165) is 44.5 Å². The summed E-state index contributed by atoms with van der Waals surface area (Å²) in [5.41, 5.74) is 3.49. The molecule has 6 unspecified atom stereocenters. The summed E-state index contributed by atoms with van der Waals surface area (Å²) in [4.78, 5) is 29.3. The van der Waals surface area contributed by atoms with Gasteiger partial charge in [0.1, 0.15) is 18.1 Å². The Hall–Kier alpha value is -2.54. The lowest BCUT2D eigenvalue weighted by molar-refractivity contribution is -0.209. The summed E-state index contributed by atoms with van der Waals surface area (Å²) in [6.45, 7) is 7.58. The predicted octanol–water partition coefficient (Wildman–Crippen LogP) is 1.10. The number of hydrogen-bond donors (Lipinski definition) is 5. The molecule has 6 atom stereocenters. The molecule has 5 fully saturated rings. The molecule has 1 saturated carbocycles. The van der Waals surface area contributed by atoms with Crippen LogP contribution in [0.15, 0.2) is 30.4 Å². The van der Waals surface area contributed by atoms with Crippen LogP contribution < -0.4 is 26.6 Å². The first-order valence-electron chi connectivity index (χ1n) is 15.9. The zero-order valence-electron chi connectivity index (χ0n) is 24.7. The third-order valence-electron chi connectivity index (χ3n) is 10.5. The van der Waals surface area contributed by atoms with Crippen molar-refractivity contribution >= 4 is 17.5 Å². The molecule has 6 aliphatic heterocycles. The van der Waals surface area contributed by atoms with Crippen LogP contribution in [0.1, 0.15) is 63.5 Å². The summed E-state index contributed by atoms with van der Waals surface area (Å²) in [5.74, 6) is -0.0438. The Bertz CT molecular complexity index is 1300. The van der Waals surface area contributed by atoms with Gasteiger partial charge >= 0.3 is 0 Å². The maximum absolute atomic E-state index is 13.8. The van der Waals surface area contributed by atoms with E-state index in [9.17, 15) is 9.59 Å². The van der Waals surface area contributed by atoms with Crippen LogP contribution >= 0.6 is 0 Å². The highest BCUT2D eigenvalue weighted by Gasteiger charge is 2.55. The van der Waals surface area contributed by atoms with Crippen LogP contribution in [0.4, 0.5) is 5.69 Å². The van der Waals surface area contributed by atoms with Gasteiger partial charge in [0.2, 0.25) is 5.91 Å². The summed E-state index contributed by atoms with van der Waals surface area (Å²) < 4.78 is 6.34. The zero-order chi connectivity index (χ0) is 28.6. The first-order chi connectivity index (χ1) is 20.3. The summed E-state index contributed by atoms with van der Waals surface area (Å²) in [7, 11) is 0. The number of amides is 2. The van der Waals surface area contributed by atoms with Crippen molar-refractivity contribution in [2.45, 2.75) is 101 Å². The number of ether oxygens (including phenoxy) is 1. The van der Waals surface area contributed by atoms with Crippen molar-refractivity contribution in [1.82, 2.24) is 36.2 Å². The Morgan fingerprint density at radius 2 is 1.95 bits per heavy atom. The van der Waals surface area contributed by atoms with Crippen LogP contribution in [0.5, 0.6) is 0 Å². The van der Waals surface area contributed by atoms with Gasteiger partial charge < -0.3 is 20.3 Å². The number of carbonyl (C=O) groups is 2. The third-order valence-corrected chi connectivity index (χ3v) is 10.5. The van der Waals surface area contributed by atoms with Crippen molar-refractivity contribution in [1.29, 1.82) is 0 Å². The fraction of sp³-hybridized carbons (Fsp3) is 0.677. The number of fused-ring (bicyclic) bond motifs is 7. The average molecular weight is 577 g/mol. The highest BCUT2D eigenvalue weighted by atomic mass is 16.5. The largest absolute Gasteiger partial charge is 0.359 e. The van der Waals surface area contributed by atoms with E-state index in [0.29, 0.717) is 25.0 Å². The topological polar surface area (TPSA) is 113 Å². The number of hydrogen-bond acceptors (Lipinski definition) is 9. The summed E-state index contributed by atoms with van der Waals surface area (Å²) in [6, 6.07) is 6.79. The highest BCUT2D eigenvalue weighted by molar-refractivity contribution is 5.85. The van der Waals surface area contributed by atoms with Gasteiger partial charge in [0.25, 0.3) is 5.91 Å². The van der Waals surface area contributed by atoms with Crippen molar-refractivity contribution in [3.63, 3.8) is 0 Å². The van der Waals surface area contributed by atoms with Crippen LogP contribution in [0.3, 0.4) is 0 Å². The smallest absolute Gasteiger partial charge is 0.255 e. The number of benzene rings is 1. The SMILES string of the molecule is CC1(C)OC2CCC3NC2N(CCC/C=C\CN2C(=O)C4CNC(Nc5ccc6c(c5)CNCC65CC5)NC4N32)C1=O. The molecule has 5 N–H and O–H groups in total. The second kappa shape index (κ2) is 10.0. The van der Waals surface area contributed by atoms with Gasteiger partial charge in [-0.25, -0.2) is 0 Å². The molecule has 11 nitrogen and oxygen atoms in total. The molecule has 4 saturated heterocycles. The first kappa shape index (κ1) is 27.0. The molecule has 0 radical (unpaired) electrons. The summed E-state index contributed by atoms with van der Waals surface area (Å²) in [5, 5.41) is 22.5. The maximum atomic E-state index is 13.8. The number of morpholine rings is 1. The number of hydrazine groups is 1.